The maximum Gasteiger partial charge on any atom is 0.253 e. The van der Waals surface area contributed by atoms with Crippen LogP contribution in [0.5, 0.6) is 5.75 Å². The number of ether oxygens (including phenoxy) is 1. The normalized spacial score (nSPS) is 18.9. The Morgan fingerprint density at radius 1 is 1.07 bits per heavy atom. The van der Waals surface area contributed by atoms with Crippen molar-refractivity contribution in [3.05, 3.63) is 51.8 Å². The van der Waals surface area contributed by atoms with E-state index in [1.54, 1.807) is 18.2 Å². The van der Waals surface area contributed by atoms with Gasteiger partial charge in [0.1, 0.15) is 10.9 Å². The van der Waals surface area contributed by atoms with E-state index in [0.717, 1.165) is 31.1 Å². The third kappa shape index (κ3) is 3.65. The van der Waals surface area contributed by atoms with Crippen molar-refractivity contribution < 1.29 is 9.53 Å². The fraction of sp³-hybridized carbons (Fsp3) is 0.500. The van der Waals surface area contributed by atoms with Crippen molar-refractivity contribution in [1.29, 1.82) is 0 Å². The van der Waals surface area contributed by atoms with Gasteiger partial charge in [0, 0.05) is 37.4 Å². The lowest BCUT2D eigenvalue weighted by molar-refractivity contribution is 0.0132. The minimum atomic E-state index is -0.0607. The molecule has 0 N–H and O–H groups in total. The highest BCUT2D eigenvalue weighted by atomic mass is 35.5. The Labute approximate surface area is 182 Å². The van der Waals surface area contributed by atoms with Crippen LogP contribution in [0, 0.1) is 0 Å². The molecular weight excluding hydrogens is 409 g/mol. The Kier molecular flexibility index (Phi) is 5.58. The van der Waals surface area contributed by atoms with Crippen molar-refractivity contribution in [2.24, 2.45) is 0 Å². The second-order valence-corrected chi connectivity index (χ2v) is 9.04. The van der Waals surface area contributed by atoms with Gasteiger partial charge in [-0.25, -0.2) is 0 Å². The molecule has 1 aromatic carbocycles. The first kappa shape index (κ1) is 20.6. The molecule has 0 saturated carbocycles. The Hall–Kier alpha value is -1.69. The third-order valence-corrected chi connectivity index (χ3v) is 6.84. The Balaban J connectivity index is 1.50. The first-order valence-corrected chi connectivity index (χ1v) is 10.9. The molecule has 156 valence electrons. The van der Waals surface area contributed by atoms with E-state index in [9.17, 15) is 4.79 Å². The molecule has 7 heteroatoms. The number of carbonyl (C=O) groups excluding carboxylic acids is 1. The van der Waals surface area contributed by atoms with Gasteiger partial charge in [0.15, 0.2) is 0 Å². The van der Waals surface area contributed by atoms with Crippen LogP contribution in [0.4, 0.5) is 0 Å². The van der Waals surface area contributed by atoms with Gasteiger partial charge in [-0.05, 0) is 64.1 Å². The summed E-state index contributed by atoms with van der Waals surface area (Å²) in [4.78, 5) is 17.4. The second kappa shape index (κ2) is 7.86. The minimum Gasteiger partial charge on any atom is -0.489 e. The zero-order chi connectivity index (χ0) is 20.8. The predicted molar refractivity (Wildman–Crippen MR) is 116 cm³/mol. The number of hydrogen-bond acceptors (Lipinski definition) is 3. The van der Waals surface area contributed by atoms with Gasteiger partial charge < -0.3 is 14.2 Å². The largest absolute Gasteiger partial charge is 0.489 e. The van der Waals surface area contributed by atoms with Gasteiger partial charge in [-0.1, -0.05) is 23.2 Å². The number of likely N-dealkylation sites (tertiary alicyclic amines) is 1. The van der Waals surface area contributed by atoms with Crippen molar-refractivity contribution in [1.82, 2.24) is 14.4 Å². The summed E-state index contributed by atoms with van der Waals surface area (Å²) in [6.45, 7) is 7.17. The molecule has 0 atom stereocenters. The van der Waals surface area contributed by atoms with E-state index in [4.69, 9.17) is 27.9 Å². The van der Waals surface area contributed by atoms with E-state index in [-0.39, 0.29) is 17.6 Å². The smallest absolute Gasteiger partial charge is 0.253 e. The third-order valence-electron chi connectivity index (χ3n) is 6.21. The number of likely N-dealkylation sites (N-methyl/N-ethyl adjacent to an activating group) is 1. The number of amides is 1. The molecule has 1 aromatic heterocycles. The molecule has 1 spiro atoms. The van der Waals surface area contributed by atoms with Crippen molar-refractivity contribution in [3.63, 3.8) is 0 Å². The number of nitrogens with zero attached hydrogens (tertiary/aromatic N) is 3. The van der Waals surface area contributed by atoms with Gasteiger partial charge in [-0.3, -0.25) is 9.69 Å². The summed E-state index contributed by atoms with van der Waals surface area (Å²) >= 11 is 12.7. The molecule has 0 radical (unpaired) electrons. The predicted octanol–water partition coefficient (Wildman–Crippen LogP) is 4.66. The van der Waals surface area contributed by atoms with Crippen LogP contribution in [0.25, 0.3) is 0 Å². The fourth-order valence-electron chi connectivity index (χ4n) is 4.62. The van der Waals surface area contributed by atoms with Crippen LogP contribution in [0.15, 0.2) is 30.3 Å². The Morgan fingerprint density at radius 3 is 2.45 bits per heavy atom. The number of benzene rings is 1. The van der Waals surface area contributed by atoms with Crippen molar-refractivity contribution in [2.45, 2.75) is 44.9 Å². The van der Waals surface area contributed by atoms with E-state index < -0.39 is 0 Å². The van der Waals surface area contributed by atoms with Gasteiger partial charge in [0.2, 0.25) is 0 Å². The highest BCUT2D eigenvalue weighted by molar-refractivity contribution is 6.32. The molecule has 29 heavy (non-hydrogen) atoms. The Bertz CT molecular complexity index is 917. The monoisotopic (exact) mass is 435 g/mol. The molecular formula is C22H27Cl2N3O2. The number of halogens is 2. The molecule has 0 bridgehead atoms. The van der Waals surface area contributed by atoms with Crippen molar-refractivity contribution in [3.8, 4) is 5.75 Å². The standard InChI is InChI=1S/C22H27Cl2N3O2/c1-15(2)29-18-5-4-16(14-17(18)23)21(28)26-10-8-22(9-11-26)19-6-7-20(24)27(19)13-12-25(22)3/h4-7,14-15H,8-13H2,1-3H3. The molecule has 1 fully saturated rings. The zero-order valence-corrected chi connectivity index (χ0v) is 18.6. The summed E-state index contributed by atoms with van der Waals surface area (Å²) in [5.41, 5.74) is 1.81. The number of carbonyl (C=O) groups is 1. The number of hydrogen-bond donors (Lipinski definition) is 0. The number of fused-ring (bicyclic) bond motifs is 2. The lowest BCUT2D eigenvalue weighted by Crippen LogP contribution is -2.56. The summed E-state index contributed by atoms with van der Waals surface area (Å²) in [6.07, 6.45) is 1.81. The quantitative estimate of drug-likeness (QED) is 0.703. The zero-order valence-electron chi connectivity index (χ0n) is 17.1. The minimum absolute atomic E-state index is 0.0183. The molecule has 0 aliphatic carbocycles. The van der Waals surface area contributed by atoms with E-state index in [1.165, 1.54) is 5.69 Å². The molecule has 3 heterocycles. The average molecular weight is 436 g/mol. The van der Waals surface area contributed by atoms with Crippen LogP contribution in [0.3, 0.4) is 0 Å². The average Bonchev–Trinajstić information content (AvgIpc) is 3.08. The van der Waals surface area contributed by atoms with E-state index >= 15 is 0 Å². The maximum atomic E-state index is 13.1. The van der Waals surface area contributed by atoms with Crippen molar-refractivity contribution in [2.75, 3.05) is 26.7 Å². The highest BCUT2D eigenvalue weighted by Crippen LogP contribution is 2.42. The Morgan fingerprint density at radius 2 is 1.79 bits per heavy atom. The molecule has 2 aromatic rings. The van der Waals surface area contributed by atoms with Crippen LogP contribution < -0.4 is 4.74 Å². The van der Waals surface area contributed by atoms with Gasteiger partial charge in [0.05, 0.1) is 16.7 Å². The maximum absolute atomic E-state index is 13.1. The summed E-state index contributed by atoms with van der Waals surface area (Å²) in [5, 5.41) is 1.27. The number of aromatic nitrogens is 1. The number of rotatable bonds is 3. The van der Waals surface area contributed by atoms with Crippen LogP contribution in [-0.4, -0.2) is 53.1 Å². The first-order valence-electron chi connectivity index (χ1n) is 10.1. The summed E-state index contributed by atoms with van der Waals surface area (Å²) in [6, 6.07) is 9.42. The van der Waals surface area contributed by atoms with Crippen LogP contribution in [-0.2, 0) is 12.1 Å². The SMILES string of the molecule is CC(C)Oc1ccc(C(=O)N2CCC3(CC2)c2ccc(Cl)n2CCN3C)cc1Cl. The molecule has 2 aliphatic heterocycles. The van der Waals surface area contributed by atoms with E-state index in [2.05, 4.69) is 22.6 Å². The lowest BCUT2D eigenvalue weighted by Gasteiger charge is -2.50. The van der Waals surface area contributed by atoms with Gasteiger partial charge in [-0.15, -0.1) is 0 Å². The molecule has 5 nitrogen and oxygen atoms in total. The molecule has 0 unspecified atom stereocenters. The van der Waals surface area contributed by atoms with Crippen LogP contribution >= 0.6 is 23.2 Å². The first-order chi connectivity index (χ1) is 13.8. The lowest BCUT2D eigenvalue weighted by atomic mass is 9.81. The van der Waals surface area contributed by atoms with Gasteiger partial charge in [-0.2, -0.15) is 0 Å². The van der Waals surface area contributed by atoms with Crippen LogP contribution in [0.1, 0.15) is 42.7 Å². The molecule has 1 saturated heterocycles. The van der Waals surface area contributed by atoms with E-state index in [0.29, 0.717) is 29.4 Å². The fourth-order valence-corrected chi connectivity index (χ4v) is 5.08. The summed E-state index contributed by atoms with van der Waals surface area (Å²) in [5.74, 6) is 0.627. The van der Waals surface area contributed by atoms with E-state index in [1.807, 2.05) is 24.8 Å². The summed E-state index contributed by atoms with van der Waals surface area (Å²) in [7, 11) is 2.18. The highest BCUT2D eigenvalue weighted by Gasteiger charge is 2.44. The van der Waals surface area contributed by atoms with Crippen LogP contribution in [0.2, 0.25) is 10.2 Å². The van der Waals surface area contributed by atoms with Gasteiger partial charge in [0.25, 0.3) is 5.91 Å². The van der Waals surface area contributed by atoms with Crippen molar-refractivity contribution >= 4 is 29.1 Å². The molecule has 4 rings (SSSR count). The topological polar surface area (TPSA) is 37.7 Å². The molecule has 1 amide bonds. The summed E-state index contributed by atoms with van der Waals surface area (Å²) < 4.78 is 7.89. The molecule has 2 aliphatic rings. The number of piperidine rings is 1. The second-order valence-electron chi connectivity index (χ2n) is 8.25. The van der Waals surface area contributed by atoms with Gasteiger partial charge >= 0.3 is 0 Å².